The van der Waals surface area contributed by atoms with E-state index in [9.17, 15) is 0 Å². The summed E-state index contributed by atoms with van der Waals surface area (Å²) >= 11 is 0. The number of benzene rings is 2. The van der Waals surface area contributed by atoms with Crippen LogP contribution in [0.25, 0.3) is 0 Å². The van der Waals surface area contributed by atoms with Crippen LogP contribution >= 0.6 is 0 Å². The Morgan fingerprint density at radius 1 is 1.00 bits per heavy atom. The van der Waals surface area contributed by atoms with Crippen molar-refractivity contribution in [2.75, 3.05) is 0 Å². The molecule has 2 aromatic carbocycles. The molecule has 0 saturated carbocycles. The molecule has 0 bridgehead atoms. The second kappa shape index (κ2) is 5.51. The average molecular weight is 227 g/mol. The van der Waals surface area contributed by atoms with Gasteiger partial charge in [-0.2, -0.15) is 0 Å². The van der Waals surface area contributed by atoms with Gasteiger partial charge in [0.25, 0.3) is 0 Å². The highest BCUT2D eigenvalue weighted by Crippen LogP contribution is 2.23. The van der Waals surface area contributed by atoms with Gasteiger partial charge in [-0.15, -0.1) is 0 Å². The Morgan fingerprint density at radius 2 is 1.65 bits per heavy atom. The largest absolute Gasteiger partial charge is 0.489 e. The van der Waals surface area contributed by atoms with Crippen LogP contribution in [0, 0.1) is 0 Å². The maximum Gasteiger partial charge on any atom is 0.124 e. The first-order chi connectivity index (χ1) is 8.27. The van der Waals surface area contributed by atoms with Gasteiger partial charge in [0.2, 0.25) is 0 Å². The first kappa shape index (κ1) is 11.7. The summed E-state index contributed by atoms with van der Waals surface area (Å²) in [4.78, 5) is 0. The molecule has 2 N–H and O–H groups in total. The van der Waals surface area contributed by atoms with Gasteiger partial charge < -0.3 is 10.5 Å². The van der Waals surface area contributed by atoms with Crippen LogP contribution < -0.4 is 10.5 Å². The molecular weight excluding hydrogens is 210 g/mol. The van der Waals surface area contributed by atoms with Crippen molar-refractivity contribution in [1.29, 1.82) is 0 Å². The van der Waals surface area contributed by atoms with Gasteiger partial charge in [-0.3, -0.25) is 0 Å². The van der Waals surface area contributed by atoms with Crippen LogP contribution in [0.5, 0.6) is 5.75 Å². The van der Waals surface area contributed by atoms with Crippen molar-refractivity contribution in [2.45, 2.75) is 19.6 Å². The molecular formula is C15H17NO. The second-order valence-corrected chi connectivity index (χ2v) is 4.10. The summed E-state index contributed by atoms with van der Waals surface area (Å²) in [7, 11) is 0. The summed E-state index contributed by atoms with van der Waals surface area (Å²) in [6, 6.07) is 18.0. The SMILES string of the molecule is C[C@H](N)c1ccccc1OCc1ccccc1. The highest BCUT2D eigenvalue weighted by molar-refractivity contribution is 5.35. The van der Waals surface area contributed by atoms with E-state index in [-0.39, 0.29) is 6.04 Å². The van der Waals surface area contributed by atoms with Crippen LogP contribution in [0.3, 0.4) is 0 Å². The van der Waals surface area contributed by atoms with Crippen molar-refractivity contribution in [3.8, 4) is 5.75 Å². The Labute approximate surface area is 102 Å². The molecule has 0 aliphatic heterocycles. The van der Waals surface area contributed by atoms with Gasteiger partial charge in [0.05, 0.1) is 0 Å². The van der Waals surface area contributed by atoms with E-state index >= 15 is 0 Å². The Morgan fingerprint density at radius 3 is 2.35 bits per heavy atom. The van der Waals surface area contributed by atoms with Crippen molar-refractivity contribution in [2.24, 2.45) is 5.73 Å². The predicted octanol–water partition coefficient (Wildman–Crippen LogP) is 3.29. The average Bonchev–Trinajstić information content (AvgIpc) is 2.38. The fourth-order valence-electron chi connectivity index (χ4n) is 1.72. The van der Waals surface area contributed by atoms with Crippen LogP contribution in [-0.2, 0) is 6.61 Å². The van der Waals surface area contributed by atoms with E-state index in [0.717, 1.165) is 16.9 Å². The molecule has 17 heavy (non-hydrogen) atoms. The fourth-order valence-corrected chi connectivity index (χ4v) is 1.72. The molecule has 0 saturated heterocycles. The molecule has 0 spiro atoms. The summed E-state index contributed by atoms with van der Waals surface area (Å²) in [5, 5.41) is 0. The summed E-state index contributed by atoms with van der Waals surface area (Å²) in [5.41, 5.74) is 8.11. The molecule has 0 fully saturated rings. The Kier molecular flexibility index (Phi) is 3.78. The molecule has 0 heterocycles. The van der Waals surface area contributed by atoms with E-state index in [1.165, 1.54) is 0 Å². The molecule has 2 rings (SSSR count). The molecule has 1 atom stereocenters. The molecule has 2 nitrogen and oxygen atoms in total. The number of rotatable bonds is 4. The Balaban J connectivity index is 2.09. The molecule has 0 unspecified atom stereocenters. The minimum absolute atomic E-state index is 0.0121. The first-order valence-electron chi connectivity index (χ1n) is 5.78. The number of hydrogen-bond acceptors (Lipinski definition) is 2. The van der Waals surface area contributed by atoms with Gasteiger partial charge in [0, 0.05) is 11.6 Å². The molecule has 0 aromatic heterocycles. The number of nitrogens with two attached hydrogens (primary N) is 1. The van der Waals surface area contributed by atoms with Gasteiger partial charge in [-0.1, -0.05) is 48.5 Å². The topological polar surface area (TPSA) is 35.2 Å². The number of para-hydroxylation sites is 1. The lowest BCUT2D eigenvalue weighted by Gasteiger charge is -2.13. The summed E-state index contributed by atoms with van der Waals surface area (Å²) in [5.74, 6) is 0.867. The lowest BCUT2D eigenvalue weighted by Crippen LogP contribution is -2.07. The standard InChI is InChI=1S/C15H17NO/c1-12(16)14-9-5-6-10-15(14)17-11-13-7-3-2-4-8-13/h2-10,12H,11,16H2,1H3/t12-/m0/s1. The summed E-state index contributed by atoms with van der Waals surface area (Å²) in [6.07, 6.45) is 0. The van der Waals surface area contributed by atoms with Crippen molar-refractivity contribution >= 4 is 0 Å². The Hall–Kier alpha value is -1.80. The highest BCUT2D eigenvalue weighted by atomic mass is 16.5. The van der Waals surface area contributed by atoms with Gasteiger partial charge >= 0.3 is 0 Å². The molecule has 0 radical (unpaired) electrons. The van der Waals surface area contributed by atoms with Crippen LogP contribution in [0.1, 0.15) is 24.1 Å². The van der Waals surface area contributed by atoms with Gasteiger partial charge in [0.15, 0.2) is 0 Å². The van der Waals surface area contributed by atoms with Crippen molar-refractivity contribution < 1.29 is 4.74 Å². The lowest BCUT2D eigenvalue weighted by atomic mass is 10.1. The van der Waals surface area contributed by atoms with E-state index in [1.54, 1.807) is 0 Å². The lowest BCUT2D eigenvalue weighted by molar-refractivity contribution is 0.301. The van der Waals surface area contributed by atoms with E-state index in [0.29, 0.717) is 6.61 Å². The van der Waals surface area contributed by atoms with E-state index < -0.39 is 0 Å². The zero-order valence-electron chi connectivity index (χ0n) is 9.97. The van der Waals surface area contributed by atoms with E-state index in [1.807, 2.05) is 49.4 Å². The smallest absolute Gasteiger partial charge is 0.124 e. The van der Waals surface area contributed by atoms with Crippen molar-refractivity contribution in [3.05, 3.63) is 65.7 Å². The maximum atomic E-state index is 5.90. The zero-order valence-corrected chi connectivity index (χ0v) is 9.97. The van der Waals surface area contributed by atoms with Crippen molar-refractivity contribution in [3.63, 3.8) is 0 Å². The van der Waals surface area contributed by atoms with Gasteiger partial charge in [0.1, 0.15) is 12.4 Å². The van der Waals surface area contributed by atoms with Crippen LogP contribution in [0.2, 0.25) is 0 Å². The number of hydrogen-bond donors (Lipinski definition) is 1. The molecule has 2 heteroatoms. The zero-order chi connectivity index (χ0) is 12.1. The molecule has 0 aliphatic carbocycles. The van der Waals surface area contributed by atoms with E-state index in [4.69, 9.17) is 10.5 Å². The van der Waals surface area contributed by atoms with Crippen LogP contribution in [0.15, 0.2) is 54.6 Å². The molecule has 0 aliphatic rings. The minimum atomic E-state index is -0.0121. The highest BCUT2D eigenvalue weighted by Gasteiger charge is 2.06. The first-order valence-corrected chi connectivity index (χ1v) is 5.78. The normalized spacial score (nSPS) is 12.1. The molecule has 88 valence electrons. The molecule has 2 aromatic rings. The summed E-state index contributed by atoms with van der Waals surface area (Å²) in [6.45, 7) is 2.54. The third-order valence-electron chi connectivity index (χ3n) is 2.65. The third kappa shape index (κ3) is 3.08. The van der Waals surface area contributed by atoms with E-state index in [2.05, 4.69) is 12.1 Å². The van der Waals surface area contributed by atoms with Crippen molar-refractivity contribution in [1.82, 2.24) is 0 Å². The predicted molar refractivity (Wildman–Crippen MR) is 69.8 cm³/mol. The summed E-state index contributed by atoms with van der Waals surface area (Å²) < 4.78 is 5.80. The monoisotopic (exact) mass is 227 g/mol. The second-order valence-electron chi connectivity index (χ2n) is 4.10. The van der Waals surface area contributed by atoms with Gasteiger partial charge in [-0.25, -0.2) is 0 Å². The molecule has 0 amide bonds. The maximum absolute atomic E-state index is 5.90. The van der Waals surface area contributed by atoms with Crippen LogP contribution in [0.4, 0.5) is 0 Å². The quantitative estimate of drug-likeness (QED) is 0.870. The third-order valence-corrected chi connectivity index (χ3v) is 2.65. The van der Waals surface area contributed by atoms with Gasteiger partial charge in [-0.05, 0) is 18.6 Å². The number of ether oxygens (including phenoxy) is 1. The Bertz CT molecular complexity index is 465. The minimum Gasteiger partial charge on any atom is -0.489 e. The van der Waals surface area contributed by atoms with Crippen LogP contribution in [-0.4, -0.2) is 0 Å². The fraction of sp³-hybridized carbons (Fsp3) is 0.200.